The molecule has 1 saturated heterocycles. The zero-order valence-corrected chi connectivity index (χ0v) is 22.0. The number of ether oxygens (including phenoxy) is 4. The SMILES string of the molecule is CCOc1ccc(/C(O)=C2/C(=O)C(=O)N(Cc3ccc(OC)c(OC)c3)C2c2cccs2)c(OCC)c1. The number of Topliss-reactive ketones (excluding diaryl/α,β-unsaturated/α-hetero) is 1. The third-order valence-corrected chi connectivity index (χ3v) is 6.90. The molecule has 4 rings (SSSR count). The van der Waals surface area contributed by atoms with E-state index in [1.165, 1.54) is 23.3 Å². The fourth-order valence-electron chi connectivity index (χ4n) is 4.34. The largest absolute Gasteiger partial charge is 0.507 e. The lowest BCUT2D eigenvalue weighted by molar-refractivity contribution is -0.140. The first-order chi connectivity index (χ1) is 17.9. The number of likely N-dealkylation sites (tertiary alicyclic amines) is 1. The summed E-state index contributed by atoms with van der Waals surface area (Å²) in [6.07, 6.45) is 0. The highest BCUT2D eigenvalue weighted by Crippen LogP contribution is 2.44. The molecule has 9 heteroatoms. The summed E-state index contributed by atoms with van der Waals surface area (Å²) in [7, 11) is 3.08. The molecule has 1 aliphatic heterocycles. The van der Waals surface area contributed by atoms with Gasteiger partial charge in [0.2, 0.25) is 0 Å². The summed E-state index contributed by atoms with van der Waals surface area (Å²) >= 11 is 1.40. The third kappa shape index (κ3) is 5.13. The summed E-state index contributed by atoms with van der Waals surface area (Å²) < 4.78 is 22.0. The molecule has 2 aromatic carbocycles. The molecular weight excluding hydrogens is 494 g/mol. The Bertz CT molecular complexity index is 1320. The van der Waals surface area contributed by atoms with Crippen molar-refractivity contribution < 1.29 is 33.6 Å². The van der Waals surface area contributed by atoms with Gasteiger partial charge in [0.05, 0.1) is 44.6 Å². The third-order valence-electron chi connectivity index (χ3n) is 5.97. The van der Waals surface area contributed by atoms with Gasteiger partial charge >= 0.3 is 0 Å². The number of benzene rings is 2. The molecule has 1 aliphatic rings. The molecule has 0 saturated carbocycles. The van der Waals surface area contributed by atoms with Crippen LogP contribution in [0.4, 0.5) is 0 Å². The number of methoxy groups -OCH3 is 2. The van der Waals surface area contributed by atoms with Gasteiger partial charge in [-0.3, -0.25) is 9.59 Å². The van der Waals surface area contributed by atoms with E-state index in [-0.39, 0.29) is 17.9 Å². The van der Waals surface area contributed by atoms with Crippen molar-refractivity contribution in [1.29, 1.82) is 0 Å². The van der Waals surface area contributed by atoms with Gasteiger partial charge in [0.15, 0.2) is 11.5 Å². The van der Waals surface area contributed by atoms with E-state index in [4.69, 9.17) is 18.9 Å². The lowest BCUT2D eigenvalue weighted by Gasteiger charge is -2.24. The van der Waals surface area contributed by atoms with E-state index < -0.39 is 17.7 Å². The van der Waals surface area contributed by atoms with Crippen LogP contribution in [0.3, 0.4) is 0 Å². The number of aliphatic hydroxyl groups is 1. The van der Waals surface area contributed by atoms with Crippen LogP contribution in [0.5, 0.6) is 23.0 Å². The molecular formula is C28H29NO7S. The lowest BCUT2D eigenvalue weighted by Crippen LogP contribution is -2.28. The number of amides is 1. The molecule has 1 N–H and O–H groups in total. The van der Waals surface area contributed by atoms with Crippen LogP contribution in [-0.4, -0.2) is 49.1 Å². The molecule has 1 atom stereocenters. The lowest BCUT2D eigenvalue weighted by atomic mass is 9.99. The molecule has 1 aromatic heterocycles. The molecule has 0 spiro atoms. The summed E-state index contributed by atoms with van der Waals surface area (Å²) in [4.78, 5) is 28.9. The van der Waals surface area contributed by atoms with Crippen LogP contribution in [0, 0.1) is 0 Å². The van der Waals surface area contributed by atoms with Gasteiger partial charge in [-0.15, -0.1) is 11.3 Å². The summed E-state index contributed by atoms with van der Waals surface area (Å²) in [6, 6.07) is 13.3. The number of carbonyl (C=O) groups is 2. The molecule has 3 aromatic rings. The number of hydrogen-bond donors (Lipinski definition) is 1. The number of thiophene rings is 1. The second-order valence-electron chi connectivity index (χ2n) is 8.16. The Balaban J connectivity index is 1.81. The van der Waals surface area contributed by atoms with Gasteiger partial charge in [-0.25, -0.2) is 0 Å². The second-order valence-corrected chi connectivity index (χ2v) is 9.14. The first kappa shape index (κ1) is 26.1. The monoisotopic (exact) mass is 523 g/mol. The van der Waals surface area contributed by atoms with Gasteiger partial charge in [-0.1, -0.05) is 12.1 Å². The minimum atomic E-state index is -0.769. The standard InChI is InChI=1S/C28H29NO7S/c1-5-35-18-10-11-19(21(15-18)36-6-2)26(30)24-25(23-8-7-13-37-23)29(28(32)27(24)31)16-17-9-12-20(33-3)22(14-17)34-4/h7-15,25,30H,5-6,16H2,1-4H3/b26-24-. The molecule has 2 heterocycles. The van der Waals surface area contributed by atoms with Crippen molar-refractivity contribution in [2.45, 2.75) is 26.4 Å². The van der Waals surface area contributed by atoms with Crippen LogP contribution in [0.2, 0.25) is 0 Å². The number of ketones is 1. The summed E-state index contributed by atoms with van der Waals surface area (Å²) in [5.74, 6) is 0.264. The van der Waals surface area contributed by atoms with Gasteiger partial charge in [0.1, 0.15) is 17.3 Å². The average molecular weight is 524 g/mol. The normalized spacial score (nSPS) is 16.6. The van der Waals surface area contributed by atoms with E-state index in [2.05, 4.69) is 0 Å². The number of rotatable bonds is 10. The quantitative estimate of drug-likeness (QED) is 0.222. The molecule has 0 aliphatic carbocycles. The first-order valence-electron chi connectivity index (χ1n) is 11.9. The fourth-order valence-corrected chi connectivity index (χ4v) is 5.18. The minimum absolute atomic E-state index is 0.0121. The Morgan fingerprint density at radius 1 is 0.946 bits per heavy atom. The molecule has 8 nitrogen and oxygen atoms in total. The van der Waals surface area contributed by atoms with Gasteiger partial charge in [0.25, 0.3) is 11.7 Å². The average Bonchev–Trinajstić information content (AvgIpc) is 3.52. The molecule has 37 heavy (non-hydrogen) atoms. The van der Waals surface area contributed by atoms with E-state index in [9.17, 15) is 14.7 Å². The molecule has 0 bridgehead atoms. The van der Waals surface area contributed by atoms with Crippen molar-refractivity contribution in [3.63, 3.8) is 0 Å². The molecule has 1 amide bonds. The highest BCUT2D eigenvalue weighted by molar-refractivity contribution is 7.10. The molecule has 1 fully saturated rings. The van der Waals surface area contributed by atoms with E-state index in [0.29, 0.717) is 41.8 Å². The predicted molar refractivity (Wildman–Crippen MR) is 140 cm³/mol. The molecule has 0 radical (unpaired) electrons. The Labute approximate surface area is 219 Å². The van der Waals surface area contributed by atoms with Crippen LogP contribution in [0.1, 0.15) is 35.9 Å². The van der Waals surface area contributed by atoms with Crippen molar-refractivity contribution in [2.75, 3.05) is 27.4 Å². The first-order valence-corrected chi connectivity index (χ1v) is 12.7. The van der Waals surface area contributed by atoms with E-state index in [0.717, 1.165) is 10.4 Å². The van der Waals surface area contributed by atoms with Crippen molar-refractivity contribution >= 4 is 28.8 Å². The Hall–Kier alpha value is -3.98. The Morgan fingerprint density at radius 2 is 1.70 bits per heavy atom. The Kier molecular flexibility index (Phi) is 8.03. The maximum absolute atomic E-state index is 13.4. The smallest absolute Gasteiger partial charge is 0.295 e. The molecule has 1 unspecified atom stereocenters. The summed E-state index contributed by atoms with van der Waals surface area (Å²) in [6.45, 7) is 4.64. The van der Waals surface area contributed by atoms with Crippen LogP contribution >= 0.6 is 11.3 Å². The van der Waals surface area contributed by atoms with Crippen molar-refractivity contribution in [3.05, 3.63) is 75.5 Å². The fraction of sp³-hybridized carbons (Fsp3) is 0.286. The topological polar surface area (TPSA) is 94.5 Å². The van der Waals surface area contributed by atoms with Crippen LogP contribution in [0.15, 0.2) is 59.5 Å². The molecule has 194 valence electrons. The van der Waals surface area contributed by atoms with E-state index >= 15 is 0 Å². The zero-order chi connectivity index (χ0) is 26.5. The highest BCUT2D eigenvalue weighted by atomic mass is 32.1. The van der Waals surface area contributed by atoms with Gasteiger partial charge in [0, 0.05) is 17.5 Å². The van der Waals surface area contributed by atoms with Gasteiger partial charge in [-0.05, 0) is 55.1 Å². The highest BCUT2D eigenvalue weighted by Gasteiger charge is 2.46. The second kappa shape index (κ2) is 11.4. The maximum Gasteiger partial charge on any atom is 0.295 e. The van der Waals surface area contributed by atoms with Gasteiger partial charge < -0.3 is 29.0 Å². The van der Waals surface area contributed by atoms with Crippen molar-refractivity contribution in [2.24, 2.45) is 0 Å². The summed E-state index contributed by atoms with van der Waals surface area (Å²) in [5, 5.41) is 13.3. The van der Waals surface area contributed by atoms with Crippen LogP contribution < -0.4 is 18.9 Å². The van der Waals surface area contributed by atoms with E-state index in [1.54, 1.807) is 37.4 Å². The minimum Gasteiger partial charge on any atom is -0.507 e. The zero-order valence-electron chi connectivity index (χ0n) is 21.1. The Morgan fingerprint density at radius 3 is 2.35 bits per heavy atom. The van der Waals surface area contributed by atoms with E-state index in [1.807, 2.05) is 37.4 Å². The number of hydrogen-bond acceptors (Lipinski definition) is 8. The van der Waals surface area contributed by atoms with Gasteiger partial charge in [-0.2, -0.15) is 0 Å². The van der Waals surface area contributed by atoms with Crippen LogP contribution in [0.25, 0.3) is 5.76 Å². The van der Waals surface area contributed by atoms with Crippen molar-refractivity contribution in [3.8, 4) is 23.0 Å². The van der Waals surface area contributed by atoms with Crippen molar-refractivity contribution in [1.82, 2.24) is 4.90 Å². The number of nitrogens with zero attached hydrogens (tertiary/aromatic N) is 1. The number of aliphatic hydroxyl groups excluding tert-OH is 1. The van der Waals surface area contributed by atoms with Crippen LogP contribution in [-0.2, 0) is 16.1 Å². The maximum atomic E-state index is 13.4. The summed E-state index contributed by atoms with van der Waals surface area (Å²) in [5.41, 5.74) is 1.08. The predicted octanol–water partition coefficient (Wildman–Crippen LogP) is 5.18. The number of carbonyl (C=O) groups excluding carboxylic acids is 2.